The Morgan fingerprint density at radius 1 is 1.19 bits per heavy atom. The van der Waals surface area contributed by atoms with Gasteiger partial charge in [-0.1, -0.05) is 6.07 Å². The Morgan fingerprint density at radius 2 is 1.86 bits per heavy atom. The number of aryl methyl sites for hydroxylation is 3. The molecule has 0 aliphatic heterocycles. The van der Waals surface area contributed by atoms with Crippen molar-refractivity contribution in [1.29, 1.82) is 0 Å². The van der Waals surface area contributed by atoms with Crippen LogP contribution >= 0.6 is 15.9 Å². The third-order valence-corrected chi connectivity index (χ3v) is 3.89. The van der Waals surface area contributed by atoms with E-state index in [-0.39, 0.29) is 6.61 Å². The average molecular weight is 353 g/mol. The van der Waals surface area contributed by atoms with Crippen LogP contribution in [0.2, 0.25) is 0 Å². The number of benzene rings is 1. The second-order valence-corrected chi connectivity index (χ2v) is 6.07. The first-order chi connectivity index (χ1) is 9.97. The third kappa shape index (κ3) is 4.25. The van der Waals surface area contributed by atoms with Gasteiger partial charge in [0.05, 0.1) is 11.0 Å². The molecule has 1 aromatic heterocycles. The highest BCUT2D eigenvalue weighted by molar-refractivity contribution is 9.10. The highest BCUT2D eigenvalue weighted by atomic mass is 79.9. The summed E-state index contributed by atoms with van der Waals surface area (Å²) in [5, 5.41) is 10.0. The van der Waals surface area contributed by atoms with Crippen LogP contribution in [0.15, 0.2) is 34.8 Å². The van der Waals surface area contributed by atoms with Gasteiger partial charge in [-0.15, -0.1) is 0 Å². The predicted octanol–water partition coefficient (Wildman–Crippen LogP) is 3.16. The van der Waals surface area contributed by atoms with Crippen molar-refractivity contribution in [3.05, 3.63) is 51.8 Å². The molecule has 2 aromatic rings. The SMILES string of the molecule is Cc1ccc(OCC(O)CNn2c(C)ccc2C)c(Br)c1. The first-order valence-corrected chi connectivity index (χ1v) is 7.72. The summed E-state index contributed by atoms with van der Waals surface area (Å²) in [7, 11) is 0. The Balaban J connectivity index is 1.83. The average Bonchev–Trinajstić information content (AvgIpc) is 2.75. The first-order valence-electron chi connectivity index (χ1n) is 6.93. The molecule has 1 unspecified atom stereocenters. The van der Waals surface area contributed by atoms with Crippen LogP contribution in [-0.2, 0) is 0 Å². The van der Waals surface area contributed by atoms with E-state index in [0.717, 1.165) is 27.2 Å². The van der Waals surface area contributed by atoms with Gasteiger partial charge in [0.25, 0.3) is 0 Å². The van der Waals surface area contributed by atoms with Gasteiger partial charge in [0.1, 0.15) is 18.5 Å². The summed E-state index contributed by atoms with van der Waals surface area (Å²) in [6.45, 7) is 6.74. The number of aliphatic hydroxyl groups excluding tert-OH is 1. The van der Waals surface area contributed by atoms with Crippen molar-refractivity contribution in [2.24, 2.45) is 0 Å². The van der Waals surface area contributed by atoms with Crippen molar-refractivity contribution in [3.8, 4) is 5.75 Å². The molecule has 0 radical (unpaired) electrons. The Morgan fingerprint density at radius 3 is 2.48 bits per heavy atom. The number of nitrogens with one attached hydrogen (secondary N) is 1. The van der Waals surface area contributed by atoms with E-state index in [9.17, 15) is 5.11 Å². The molecule has 0 saturated heterocycles. The fourth-order valence-electron chi connectivity index (χ4n) is 2.08. The van der Waals surface area contributed by atoms with Crippen molar-refractivity contribution in [2.75, 3.05) is 18.6 Å². The number of aromatic nitrogens is 1. The van der Waals surface area contributed by atoms with E-state index in [1.165, 1.54) is 0 Å². The molecule has 5 heteroatoms. The van der Waals surface area contributed by atoms with Gasteiger partial charge in [-0.2, -0.15) is 0 Å². The lowest BCUT2D eigenvalue weighted by molar-refractivity contribution is 0.115. The molecule has 1 aromatic carbocycles. The van der Waals surface area contributed by atoms with Gasteiger partial charge in [0.2, 0.25) is 0 Å². The summed E-state index contributed by atoms with van der Waals surface area (Å²) in [6, 6.07) is 9.95. The van der Waals surface area contributed by atoms with Gasteiger partial charge in [0, 0.05) is 11.4 Å². The summed E-state index contributed by atoms with van der Waals surface area (Å²) < 4.78 is 8.50. The standard InChI is InChI=1S/C16H21BrN2O2/c1-11-4-7-16(15(17)8-11)21-10-14(20)9-18-19-12(2)5-6-13(19)3/h4-8,14,18,20H,9-10H2,1-3H3. The second-order valence-electron chi connectivity index (χ2n) is 5.21. The lowest BCUT2D eigenvalue weighted by atomic mass is 10.2. The fourth-order valence-corrected chi connectivity index (χ4v) is 2.69. The van der Waals surface area contributed by atoms with Gasteiger partial charge in [-0.25, -0.2) is 0 Å². The van der Waals surface area contributed by atoms with Crippen molar-refractivity contribution in [2.45, 2.75) is 26.9 Å². The van der Waals surface area contributed by atoms with Crippen LogP contribution in [0.5, 0.6) is 5.75 Å². The Hall–Kier alpha value is -1.46. The van der Waals surface area contributed by atoms with Gasteiger partial charge in [-0.05, 0) is 66.5 Å². The molecule has 21 heavy (non-hydrogen) atoms. The van der Waals surface area contributed by atoms with Gasteiger partial charge in [0.15, 0.2) is 0 Å². The van der Waals surface area contributed by atoms with Crippen LogP contribution in [-0.4, -0.2) is 29.0 Å². The summed E-state index contributed by atoms with van der Waals surface area (Å²) in [5.41, 5.74) is 6.58. The summed E-state index contributed by atoms with van der Waals surface area (Å²) in [6.07, 6.45) is -0.584. The minimum Gasteiger partial charge on any atom is -0.490 e. The molecule has 0 amide bonds. The van der Waals surface area contributed by atoms with Crippen LogP contribution in [0.4, 0.5) is 0 Å². The van der Waals surface area contributed by atoms with E-state index in [4.69, 9.17) is 4.74 Å². The topological polar surface area (TPSA) is 46.4 Å². The van der Waals surface area contributed by atoms with E-state index >= 15 is 0 Å². The molecule has 0 fully saturated rings. The van der Waals surface area contributed by atoms with Crippen molar-refractivity contribution < 1.29 is 9.84 Å². The quantitative estimate of drug-likeness (QED) is 0.839. The molecule has 0 aliphatic rings. The van der Waals surface area contributed by atoms with Gasteiger partial charge >= 0.3 is 0 Å². The predicted molar refractivity (Wildman–Crippen MR) is 88.5 cm³/mol. The Kier molecular flexibility index (Phi) is 5.31. The van der Waals surface area contributed by atoms with E-state index in [2.05, 4.69) is 21.4 Å². The molecule has 1 atom stereocenters. The molecule has 0 saturated carbocycles. The molecule has 0 spiro atoms. The number of nitrogens with zero attached hydrogens (tertiary/aromatic N) is 1. The largest absolute Gasteiger partial charge is 0.490 e. The van der Waals surface area contributed by atoms with E-state index in [0.29, 0.717) is 6.54 Å². The normalized spacial score (nSPS) is 12.2. The number of ether oxygens (including phenoxy) is 1. The van der Waals surface area contributed by atoms with E-state index in [1.807, 2.05) is 55.8 Å². The van der Waals surface area contributed by atoms with E-state index < -0.39 is 6.10 Å². The zero-order valence-electron chi connectivity index (χ0n) is 12.6. The summed E-state index contributed by atoms with van der Waals surface area (Å²) >= 11 is 3.46. The van der Waals surface area contributed by atoms with Crippen molar-refractivity contribution in [3.63, 3.8) is 0 Å². The monoisotopic (exact) mass is 352 g/mol. The third-order valence-electron chi connectivity index (χ3n) is 3.27. The van der Waals surface area contributed by atoms with Crippen LogP contribution < -0.4 is 10.2 Å². The van der Waals surface area contributed by atoms with Gasteiger partial charge in [-0.3, -0.25) is 4.68 Å². The number of hydrogen-bond acceptors (Lipinski definition) is 3. The van der Waals surface area contributed by atoms with Gasteiger partial charge < -0.3 is 15.3 Å². The van der Waals surface area contributed by atoms with Crippen LogP contribution in [0, 0.1) is 20.8 Å². The molecule has 0 aliphatic carbocycles. The van der Waals surface area contributed by atoms with Crippen LogP contribution in [0.3, 0.4) is 0 Å². The minimum absolute atomic E-state index is 0.244. The zero-order chi connectivity index (χ0) is 15.4. The minimum atomic E-state index is -0.584. The molecular formula is C16H21BrN2O2. The lowest BCUT2D eigenvalue weighted by Crippen LogP contribution is -2.31. The zero-order valence-corrected chi connectivity index (χ0v) is 14.1. The molecule has 0 bridgehead atoms. The highest BCUT2D eigenvalue weighted by Crippen LogP contribution is 2.25. The maximum Gasteiger partial charge on any atom is 0.133 e. The molecule has 4 nitrogen and oxygen atoms in total. The second kappa shape index (κ2) is 7.00. The van der Waals surface area contributed by atoms with Crippen LogP contribution in [0.1, 0.15) is 17.0 Å². The number of halogens is 1. The molecule has 2 rings (SSSR count). The molecule has 2 N–H and O–H groups in total. The fraction of sp³-hybridized carbons (Fsp3) is 0.375. The lowest BCUT2D eigenvalue weighted by Gasteiger charge is -2.17. The van der Waals surface area contributed by atoms with Crippen molar-refractivity contribution in [1.82, 2.24) is 4.68 Å². The smallest absolute Gasteiger partial charge is 0.133 e. The first kappa shape index (κ1) is 15.9. The van der Waals surface area contributed by atoms with E-state index in [1.54, 1.807) is 0 Å². The molecule has 1 heterocycles. The number of hydrogen-bond donors (Lipinski definition) is 2. The maximum absolute atomic E-state index is 10.0. The number of aliphatic hydroxyl groups is 1. The highest BCUT2D eigenvalue weighted by Gasteiger charge is 2.08. The maximum atomic E-state index is 10.0. The Labute approximate surface area is 133 Å². The molecule has 114 valence electrons. The number of rotatable bonds is 6. The molecular weight excluding hydrogens is 332 g/mol. The van der Waals surface area contributed by atoms with Crippen molar-refractivity contribution >= 4 is 15.9 Å². The Bertz CT molecular complexity index is 591. The summed E-state index contributed by atoms with van der Waals surface area (Å²) in [5.74, 6) is 0.743. The summed E-state index contributed by atoms with van der Waals surface area (Å²) in [4.78, 5) is 0. The van der Waals surface area contributed by atoms with Crippen LogP contribution in [0.25, 0.3) is 0 Å².